The molecule has 1 fully saturated rings. The Labute approximate surface area is 233 Å². The van der Waals surface area contributed by atoms with E-state index in [4.69, 9.17) is 15.2 Å². The maximum Gasteiger partial charge on any atom is 0.324 e. The molecule has 0 spiro atoms. The number of amides is 1. The summed E-state index contributed by atoms with van der Waals surface area (Å²) in [7, 11) is -0.828. The average Bonchev–Trinajstić information content (AvgIpc) is 2.90. The van der Waals surface area contributed by atoms with Crippen LogP contribution in [0, 0.1) is 5.82 Å². The first-order valence-electron chi connectivity index (χ1n) is 12.7. The number of ether oxygens (including phenoxy) is 2. The van der Waals surface area contributed by atoms with E-state index in [1.807, 2.05) is 30.3 Å². The van der Waals surface area contributed by atoms with Crippen LogP contribution in [-0.4, -0.2) is 68.8 Å². The molecule has 3 aromatic rings. The molecule has 2 N–H and O–H groups in total. The van der Waals surface area contributed by atoms with Crippen molar-refractivity contribution in [1.29, 1.82) is 0 Å². The minimum atomic E-state index is -3.93. The fourth-order valence-corrected chi connectivity index (χ4v) is 6.10. The first kappa shape index (κ1) is 29.2. The van der Waals surface area contributed by atoms with Crippen LogP contribution in [0.3, 0.4) is 0 Å². The van der Waals surface area contributed by atoms with Gasteiger partial charge >= 0.3 is 5.97 Å². The van der Waals surface area contributed by atoms with Gasteiger partial charge in [-0.3, -0.25) is 9.59 Å². The molecule has 1 saturated heterocycles. The van der Waals surface area contributed by atoms with Crippen LogP contribution in [-0.2, 0) is 36.4 Å². The summed E-state index contributed by atoms with van der Waals surface area (Å²) in [6, 6.07) is 20.0. The number of likely N-dealkylation sites (N-methyl/N-ethyl adjacent to an activating group) is 1. The van der Waals surface area contributed by atoms with Crippen LogP contribution in [0.1, 0.15) is 18.1 Å². The number of benzene rings is 3. The number of nitrogens with two attached hydrogens (primary N) is 1. The molecule has 1 aliphatic rings. The van der Waals surface area contributed by atoms with Crippen molar-refractivity contribution in [2.24, 2.45) is 5.73 Å². The van der Waals surface area contributed by atoms with E-state index in [1.54, 1.807) is 32.3 Å². The second-order valence-electron chi connectivity index (χ2n) is 9.96. The Morgan fingerprint density at radius 3 is 2.35 bits per heavy atom. The largest absolute Gasteiger partial charge is 0.480 e. The van der Waals surface area contributed by atoms with Gasteiger partial charge in [-0.05, 0) is 48.7 Å². The summed E-state index contributed by atoms with van der Waals surface area (Å²) in [6.45, 7) is 1.49. The molecule has 0 unspecified atom stereocenters. The van der Waals surface area contributed by atoms with Gasteiger partial charge in [-0.1, -0.05) is 48.5 Å². The Morgan fingerprint density at radius 1 is 1.02 bits per heavy atom. The van der Waals surface area contributed by atoms with Crippen molar-refractivity contribution in [2.45, 2.75) is 36.0 Å². The van der Waals surface area contributed by atoms with Crippen molar-refractivity contribution < 1.29 is 31.9 Å². The highest BCUT2D eigenvalue weighted by molar-refractivity contribution is 7.89. The van der Waals surface area contributed by atoms with E-state index in [1.165, 1.54) is 46.5 Å². The molecular weight excluding hydrogens is 537 g/mol. The second kappa shape index (κ2) is 11.7. The van der Waals surface area contributed by atoms with Crippen LogP contribution in [0.5, 0.6) is 5.75 Å². The molecule has 1 heterocycles. The van der Waals surface area contributed by atoms with Gasteiger partial charge in [-0.25, -0.2) is 12.8 Å². The molecule has 0 aromatic heterocycles. The smallest absolute Gasteiger partial charge is 0.324 e. The number of hydrogen-bond donors (Lipinski definition) is 1. The lowest BCUT2D eigenvalue weighted by Crippen LogP contribution is -2.64. The third kappa shape index (κ3) is 6.33. The van der Waals surface area contributed by atoms with Gasteiger partial charge < -0.3 is 20.1 Å². The lowest BCUT2D eigenvalue weighted by molar-refractivity contribution is -0.159. The van der Waals surface area contributed by atoms with Gasteiger partial charge in [0.2, 0.25) is 10.0 Å². The predicted octanol–water partition coefficient (Wildman–Crippen LogP) is 2.69. The highest BCUT2D eigenvalue weighted by Gasteiger charge is 2.52. The minimum absolute atomic E-state index is 0.0156. The quantitative estimate of drug-likeness (QED) is 0.373. The van der Waals surface area contributed by atoms with Gasteiger partial charge in [-0.15, -0.1) is 0 Å². The molecule has 2 atom stereocenters. The first-order chi connectivity index (χ1) is 18.9. The summed E-state index contributed by atoms with van der Waals surface area (Å²) < 4.78 is 53.6. The third-order valence-electron chi connectivity index (χ3n) is 6.65. The highest BCUT2D eigenvalue weighted by Crippen LogP contribution is 2.40. The van der Waals surface area contributed by atoms with Gasteiger partial charge in [0.05, 0.1) is 18.0 Å². The second-order valence-corrected chi connectivity index (χ2v) is 11.9. The zero-order chi connectivity index (χ0) is 29.1. The number of carbonyl (C=O) groups is 2. The summed E-state index contributed by atoms with van der Waals surface area (Å²) in [5, 5.41) is 0. The topological polar surface area (TPSA) is 119 Å². The van der Waals surface area contributed by atoms with Crippen LogP contribution in [0.25, 0.3) is 0 Å². The van der Waals surface area contributed by atoms with Crippen molar-refractivity contribution in [3.8, 4) is 5.75 Å². The number of nitrogens with zero attached hydrogens (tertiary/aromatic N) is 2. The average molecular weight is 570 g/mol. The van der Waals surface area contributed by atoms with Crippen LogP contribution < -0.4 is 10.5 Å². The van der Waals surface area contributed by atoms with E-state index in [-0.39, 0.29) is 30.3 Å². The predicted molar refractivity (Wildman–Crippen MR) is 146 cm³/mol. The van der Waals surface area contributed by atoms with E-state index in [0.29, 0.717) is 11.3 Å². The van der Waals surface area contributed by atoms with Gasteiger partial charge in [0, 0.05) is 20.2 Å². The Kier molecular flexibility index (Phi) is 8.57. The highest BCUT2D eigenvalue weighted by atomic mass is 32.2. The SMILES string of the molecule is C[C@@H](OC(=O)[C@@H](N)Cc1cccc(S(=O)(=O)N2CC(Oc3cccc(F)c3)(c3ccccc3)C2)c1)C(=O)N(C)C. The summed E-state index contributed by atoms with van der Waals surface area (Å²) in [5.41, 5.74) is 6.30. The van der Waals surface area contributed by atoms with Crippen molar-refractivity contribution in [1.82, 2.24) is 9.21 Å². The van der Waals surface area contributed by atoms with Crippen LogP contribution >= 0.6 is 0 Å². The van der Waals surface area contributed by atoms with Crippen molar-refractivity contribution in [3.05, 3.63) is 95.8 Å². The molecule has 1 aliphatic heterocycles. The van der Waals surface area contributed by atoms with E-state index < -0.39 is 39.6 Å². The number of hydrogen-bond acceptors (Lipinski definition) is 7. The molecule has 0 radical (unpaired) electrons. The van der Waals surface area contributed by atoms with Gasteiger partial charge in [0.25, 0.3) is 5.91 Å². The zero-order valence-electron chi connectivity index (χ0n) is 22.5. The molecule has 1 amide bonds. The van der Waals surface area contributed by atoms with Crippen LogP contribution in [0.15, 0.2) is 83.8 Å². The Hall–Kier alpha value is -3.80. The third-order valence-corrected chi connectivity index (χ3v) is 8.44. The molecule has 0 saturated carbocycles. The summed E-state index contributed by atoms with van der Waals surface area (Å²) >= 11 is 0. The van der Waals surface area contributed by atoms with E-state index in [0.717, 1.165) is 5.56 Å². The zero-order valence-corrected chi connectivity index (χ0v) is 23.3. The number of carbonyl (C=O) groups excluding carboxylic acids is 2. The maximum absolute atomic E-state index is 13.8. The number of rotatable bonds is 10. The van der Waals surface area contributed by atoms with Crippen LogP contribution in [0.4, 0.5) is 4.39 Å². The molecule has 9 nitrogen and oxygen atoms in total. The summed E-state index contributed by atoms with van der Waals surface area (Å²) in [6.07, 6.45) is -0.979. The fraction of sp³-hybridized carbons (Fsp3) is 0.310. The number of esters is 1. The van der Waals surface area contributed by atoms with E-state index in [2.05, 4.69) is 0 Å². The maximum atomic E-state index is 13.8. The first-order valence-corrected chi connectivity index (χ1v) is 14.1. The molecular formula is C29H32FN3O6S. The van der Waals surface area contributed by atoms with E-state index >= 15 is 0 Å². The molecule has 4 rings (SSSR count). The Morgan fingerprint density at radius 2 is 1.70 bits per heavy atom. The summed E-state index contributed by atoms with van der Waals surface area (Å²) in [4.78, 5) is 25.7. The van der Waals surface area contributed by atoms with Crippen molar-refractivity contribution >= 4 is 21.9 Å². The van der Waals surface area contributed by atoms with Crippen molar-refractivity contribution in [3.63, 3.8) is 0 Å². The summed E-state index contributed by atoms with van der Waals surface area (Å²) in [5.74, 6) is -1.30. The van der Waals surface area contributed by atoms with Crippen molar-refractivity contribution in [2.75, 3.05) is 27.2 Å². The number of sulfonamides is 1. The van der Waals surface area contributed by atoms with E-state index in [9.17, 15) is 22.4 Å². The van der Waals surface area contributed by atoms with Gasteiger partial charge in [-0.2, -0.15) is 4.31 Å². The Balaban J connectivity index is 1.48. The molecule has 0 bridgehead atoms. The lowest BCUT2D eigenvalue weighted by Gasteiger charge is -2.48. The van der Waals surface area contributed by atoms with Gasteiger partial charge in [0.1, 0.15) is 17.6 Å². The molecule has 0 aliphatic carbocycles. The molecule has 212 valence electrons. The molecule has 3 aromatic carbocycles. The molecule has 40 heavy (non-hydrogen) atoms. The Bertz CT molecular complexity index is 1480. The lowest BCUT2D eigenvalue weighted by atomic mass is 9.87. The fourth-order valence-electron chi connectivity index (χ4n) is 4.49. The van der Waals surface area contributed by atoms with Gasteiger partial charge in [0.15, 0.2) is 11.7 Å². The molecule has 11 heteroatoms. The standard InChI is InChI=1S/C29H32FN3O6S/c1-20(27(34)32(2)3)38-28(35)26(31)16-21-9-7-14-25(15-21)40(36,37)33-18-29(19-33,22-10-5-4-6-11-22)39-24-13-8-12-23(30)17-24/h4-15,17,20,26H,16,18-19,31H2,1-3H3/t20-,26+/m1/s1. The normalized spacial score (nSPS) is 16.3. The number of halogens is 1. The van der Waals surface area contributed by atoms with Crippen LogP contribution in [0.2, 0.25) is 0 Å². The monoisotopic (exact) mass is 569 g/mol. The minimum Gasteiger partial charge on any atom is -0.480 e.